The Kier molecular flexibility index (Phi) is 6.38. The Hall–Kier alpha value is -2.11. The summed E-state index contributed by atoms with van der Waals surface area (Å²) < 4.78 is 5.60. The highest BCUT2D eigenvalue weighted by Gasteiger charge is 2.07. The van der Waals surface area contributed by atoms with Gasteiger partial charge in [0.1, 0.15) is 18.5 Å². The molecule has 2 atom stereocenters. The third-order valence-corrected chi connectivity index (χ3v) is 3.44. The molecule has 0 aliphatic heterocycles. The lowest BCUT2D eigenvalue weighted by Gasteiger charge is -2.17. The molecule has 0 amide bonds. The third kappa shape index (κ3) is 5.88. The van der Waals surface area contributed by atoms with Gasteiger partial charge in [-0.15, -0.1) is 0 Å². The highest BCUT2D eigenvalue weighted by atomic mass is 16.5. The second-order valence-electron chi connectivity index (χ2n) is 5.90. The molecule has 1 heterocycles. The molecule has 1 aromatic heterocycles. The number of aliphatic hydroxyl groups is 1. The van der Waals surface area contributed by atoms with Crippen LogP contribution >= 0.6 is 0 Å². The third-order valence-electron chi connectivity index (χ3n) is 3.44. The SMILES string of the molecule is CC(Nc1ccc(OCC(O)CN(C)C)cc1)c1cccnc1. The van der Waals surface area contributed by atoms with Crippen LogP contribution in [-0.4, -0.2) is 48.3 Å². The van der Waals surface area contributed by atoms with E-state index in [1.165, 1.54) is 0 Å². The number of anilines is 1. The van der Waals surface area contributed by atoms with E-state index >= 15 is 0 Å². The van der Waals surface area contributed by atoms with Crippen LogP contribution in [-0.2, 0) is 0 Å². The first-order chi connectivity index (χ1) is 11.0. The molecule has 0 bridgehead atoms. The lowest BCUT2D eigenvalue weighted by Crippen LogP contribution is -2.30. The molecule has 2 N–H and O–H groups in total. The van der Waals surface area contributed by atoms with E-state index in [-0.39, 0.29) is 12.6 Å². The summed E-state index contributed by atoms with van der Waals surface area (Å²) in [6, 6.07) is 11.9. The van der Waals surface area contributed by atoms with E-state index in [2.05, 4.69) is 17.2 Å². The number of aromatic nitrogens is 1. The molecule has 0 aliphatic rings. The normalized spacial score (nSPS) is 13.6. The lowest BCUT2D eigenvalue weighted by molar-refractivity contribution is 0.0831. The lowest BCUT2D eigenvalue weighted by atomic mass is 10.1. The summed E-state index contributed by atoms with van der Waals surface area (Å²) in [6.07, 6.45) is 3.14. The van der Waals surface area contributed by atoms with Crippen molar-refractivity contribution in [2.75, 3.05) is 32.6 Å². The number of hydrogen-bond acceptors (Lipinski definition) is 5. The quantitative estimate of drug-likeness (QED) is 0.784. The van der Waals surface area contributed by atoms with E-state index in [9.17, 15) is 5.11 Å². The highest BCUT2D eigenvalue weighted by Crippen LogP contribution is 2.21. The average Bonchev–Trinajstić information content (AvgIpc) is 2.54. The van der Waals surface area contributed by atoms with Crippen molar-refractivity contribution in [3.05, 3.63) is 54.4 Å². The molecule has 5 nitrogen and oxygen atoms in total. The molecule has 0 saturated heterocycles. The van der Waals surface area contributed by atoms with Gasteiger partial charge in [-0.05, 0) is 56.9 Å². The van der Waals surface area contributed by atoms with Gasteiger partial charge < -0.3 is 20.1 Å². The van der Waals surface area contributed by atoms with E-state index in [4.69, 9.17) is 4.74 Å². The fourth-order valence-corrected chi connectivity index (χ4v) is 2.28. The van der Waals surface area contributed by atoms with Gasteiger partial charge >= 0.3 is 0 Å². The zero-order valence-electron chi connectivity index (χ0n) is 13.9. The monoisotopic (exact) mass is 315 g/mol. The van der Waals surface area contributed by atoms with Crippen molar-refractivity contribution in [1.82, 2.24) is 9.88 Å². The molecule has 2 rings (SSSR count). The van der Waals surface area contributed by atoms with Crippen molar-refractivity contribution < 1.29 is 9.84 Å². The molecule has 0 fully saturated rings. The van der Waals surface area contributed by atoms with Crippen LogP contribution in [0.1, 0.15) is 18.5 Å². The van der Waals surface area contributed by atoms with Gasteiger partial charge in [-0.2, -0.15) is 0 Å². The number of nitrogens with zero attached hydrogens (tertiary/aromatic N) is 2. The van der Waals surface area contributed by atoms with Crippen molar-refractivity contribution in [3.63, 3.8) is 0 Å². The molecule has 23 heavy (non-hydrogen) atoms. The van der Waals surface area contributed by atoms with Crippen LogP contribution in [0.3, 0.4) is 0 Å². The number of benzene rings is 1. The summed E-state index contributed by atoms with van der Waals surface area (Å²) in [4.78, 5) is 6.07. The molecule has 1 aromatic carbocycles. The fraction of sp³-hybridized carbons (Fsp3) is 0.389. The van der Waals surface area contributed by atoms with Crippen LogP contribution in [0.15, 0.2) is 48.8 Å². The van der Waals surface area contributed by atoms with Gasteiger partial charge in [0.2, 0.25) is 0 Å². The van der Waals surface area contributed by atoms with Gasteiger partial charge in [-0.1, -0.05) is 6.07 Å². The van der Waals surface area contributed by atoms with Crippen molar-refractivity contribution >= 4 is 5.69 Å². The summed E-state index contributed by atoms with van der Waals surface area (Å²) in [6.45, 7) is 2.97. The van der Waals surface area contributed by atoms with Crippen LogP contribution < -0.4 is 10.1 Å². The number of aliphatic hydroxyl groups excluding tert-OH is 1. The van der Waals surface area contributed by atoms with E-state index in [0.29, 0.717) is 6.54 Å². The molecule has 124 valence electrons. The highest BCUT2D eigenvalue weighted by molar-refractivity contribution is 5.48. The van der Waals surface area contributed by atoms with Crippen LogP contribution in [0.5, 0.6) is 5.75 Å². The Bertz CT molecular complexity index is 573. The minimum absolute atomic E-state index is 0.178. The minimum atomic E-state index is -0.492. The largest absolute Gasteiger partial charge is 0.491 e. The van der Waals surface area contributed by atoms with E-state index in [1.807, 2.05) is 61.6 Å². The van der Waals surface area contributed by atoms with Gasteiger partial charge in [-0.3, -0.25) is 4.98 Å². The standard InChI is InChI=1S/C18H25N3O2/c1-14(15-5-4-10-19-11-15)20-16-6-8-18(9-7-16)23-13-17(22)12-21(2)3/h4-11,14,17,20,22H,12-13H2,1-3H3. The summed E-state index contributed by atoms with van der Waals surface area (Å²) in [5.41, 5.74) is 2.15. The summed E-state index contributed by atoms with van der Waals surface area (Å²) in [5, 5.41) is 13.2. The summed E-state index contributed by atoms with van der Waals surface area (Å²) in [5.74, 6) is 0.752. The topological polar surface area (TPSA) is 57.6 Å². The number of likely N-dealkylation sites (N-methyl/N-ethyl adjacent to an activating group) is 1. The van der Waals surface area contributed by atoms with E-state index < -0.39 is 6.10 Å². The minimum Gasteiger partial charge on any atom is -0.491 e. The van der Waals surface area contributed by atoms with Crippen LogP contribution in [0.4, 0.5) is 5.69 Å². The second kappa shape index (κ2) is 8.50. The molecule has 2 aromatic rings. The predicted octanol–water partition coefficient (Wildman–Crippen LogP) is 2.56. The number of ether oxygens (including phenoxy) is 1. The summed E-state index contributed by atoms with van der Waals surface area (Å²) >= 11 is 0. The Morgan fingerprint density at radius 2 is 1.96 bits per heavy atom. The second-order valence-corrected chi connectivity index (χ2v) is 5.90. The predicted molar refractivity (Wildman–Crippen MR) is 92.8 cm³/mol. The van der Waals surface area contributed by atoms with Gasteiger partial charge in [0.05, 0.1) is 6.04 Å². The van der Waals surface area contributed by atoms with Crippen LogP contribution in [0.2, 0.25) is 0 Å². The van der Waals surface area contributed by atoms with E-state index in [1.54, 1.807) is 6.20 Å². The van der Waals surface area contributed by atoms with Gasteiger partial charge in [0, 0.05) is 24.6 Å². The molecule has 0 saturated carbocycles. The van der Waals surface area contributed by atoms with Gasteiger partial charge in [0.15, 0.2) is 0 Å². The average molecular weight is 315 g/mol. The first kappa shape index (κ1) is 17.2. The maximum atomic E-state index is 9.80. The molecule has 0 radical (unpaired) electrons. The Balaban J connectivity index is 1.85. The first-order valence-electron chi connectivity index (χ1n) is 7.76. The zero-order chi connectivity index (χ0) is 16.7. The van der Waals surface area contributed by atoms with Gasteiger partial charge in [-0.25, -0.2) is 0 Å². The molecular weight excluding hydrogens is 290 g/mol. The molecule has 5 heteroatoms. The Morgan fingerprint density at radius 3 is 2.57 bits per heavy atom. The molecular formula is C18H25N3O2. The molecule has 2 unspecified atom stereocenters. The number of pyridine rings is 1. The Morgan fingerprint density at radius 1 is 1.22 bits per heavy atom. The maximum Gasteiger partial charge on any atom is 0.119 e. The van der Waals surface area contributed by atoms with E-state index in [0.717, 1.165) is 17.0 Å². The Labute approximate surface area is 137 Å². The number of hydrogen-bond donors (Lipinski definition) is 2. The maximum absolute atomic E-state index is 9.80. The van der Waals surface area contributed by atoms with Crippen LogP contribution in [0, 0.1) is 0 Å². The van der Waals surface area contributed by atoms with Crippen molar-refractivity contribution in [2.45, 2.75) is 19.1 Å². The smallest absolute Gasteiger partial charge is 0.119 e. The molecule has 0 aliphatic carbocycles. The number of rotatable bonds is 8. The number of nitrogens with one attached hydrogen (secondary N) is 1. The van der Waals surface area contributed by atoms with Crippen LogP contribution in [0.25, 0.3) is 0 Å². The van der Waals surface area contributed by atoms with Gasteiger partial charge in [0.25, 0.3) is 0 Å². The van der Waals surface area contributed by atoms with Crippen molar-refractivity contribution in [1.29, 1.82) is 0 Å². The summed E-state index contributed by atoms with van der Waals surface area (Å²) in [7, 11) is 3.85. The molecule has 0 spiro atoms. The fourth-order valence-electron chi connectivity index (χ4n) is 2.28. The van der Waals surface area contributed by atoms with Crippen molar-refractivity contribution in [2.24, 2.45) is 0 Å². The zero-order valence-corrected chi connectivity index (χ0v) is 13.9. The van der Waals surface area contributed by atoms with Crippen molar-refractivity contribution in [3.8, 4) is 5.75 Å². The first-order valence-corrected chi connectivity index (χ1v) is 7.76.